The minimum absolute atomic E-state index is 0.0590. The van der Waals surface area contributed by atoms with Gasteiger partial charge in [0.25, 0.3) is 5.91 Å². The number of nitrogens with zero attached hydrogens (tertiary/aromatic N) is 1. The molecule has 0 saturated heterocycles. The van der Waals surface area contributed by atoms with Crippen molar-refractivity contribution in [1.82, 2.24) is 5.32 Å². The smallest absolute Gasteiger partial charge is 0.262 e. The molecule has 7 heteroatoms. The first kappa shape index (κ1) is 19.0. The molecule has 5 nitrogen and oxygen atoms in total. The molecular formula is C18H14Br2N2O3. The van der Waals surface area contributed by atoms with E-state index < -0.39 is 5.91 Å². The number of nitriles is 1. The van der Waals surface area contributed by atoms with Crippen molar-refractivity contribution in [2.24, 2.45) is 0 Å². The standard InChI is InChI=1S/C18H14Br2N2O3/c1-25-14-8-12(15(19)16(20)17(14)23)7-13(9-21)18(24)22-10-11-5-3-2-4-6-11/h2-8,23H,10H2,1H3,(H,22,24)/b13-7-. The number of benzene rings is 2. The van der Waals surface area contributed by atoms with Crippen molar-refractivity contribution in [3.63, 3.8) is 0 Å². The Morgan fingerprint density at radius 3 is 2.60 bits per heavy atom. The monoisotopic (exact) mass is 464 g/mol. The molecule has 0 heterocycles. The van der Waals surface area contributed by atoms with Crippen LogP contribution in [0.1, 0.15) is 11.1 Å². The summed E-state index contributed by atoms with van der Waals surface area (Å²) in [5.41, 5.74) is 1.40. The Hall–Kier alpha value is -2.30. The van der Waals surface area contributed by atoms with E-state index in [1.54, 1.807) is 0 Å². The summed E-state index contributed by atoms with van der Waals surface area (Å²) < 4.78 is 5.97. The Kier molecular flexibility index (Phi) is 6.62. The number of amides is 1. The van der Waals surface area contributed by atoms with Gasteiger partial charge in [0.1, 0.15) is 11.6 Å². The molecule has 0 aliphatic rings. The lowest BCUT2D eigenvalue weighted by atomic mass is 10.1. The third-order valence-electron chi connectivity index (χ3n) is 3.35. The fourth-order valence-corrected chi connectivity index (χ4v) is 2.89. The minimum atomic E-state index is -0.485. The number of carbonyl (C=O) groups excluding carboxylic acids is 1. The molecule has 1 amide bonds. The van der Waals surface area contributed by atoms with E-state index in [4.69, 9.17) is 4.74 Å². The Bertz CT molecular complexity index is 859. The summed E-state index contributed by atoms with van der Waals surface area (Å²) in [5.74, 6) is -0.330. The predicted molar refractivity (Wildman–Crippen MR) is 102 cm³/mol. The maximum atomic E-state index is 12.3. The molecule has 128 valence electrons. The number of methoxy groups -OCH3 is 1. The molecule has 0 radical (unpaired) electrons. The second-order valence-corrected chi connectivity index (χ2v) is 6.57. The fourth-order valence-electron chi connectivity index (χ4n) is 2.05. The topological polar surface area (TPSA) is 82.3 Å². The summed E-state index contributed by atoms with van der Waals surface area (Å²) in [4.78, 5) is 12.3. The number of aromatic hydroxyl groups is 1. The molecule has 0 aliphatic heterocycles. The summed E-state index contributed by atoms with van der Waals surface area (Å²) >= 11 is 6.57. The number of rotatable bonds is 5. The summed E-state index contributed by atoms with van der Waals surface area (Å²) in [5, 5.41) is 22.0. The maximum Gasteiger partial charge on any atom is 0.262 e. The van der Waals surface area contributed by atoms with Gasteiger partial charge in [0.15, 0.2) is 11.5 Å². The lowest BCUT2D eigenvalue weighted by Crippen LogP contribution is -2.23. The number of phenols is 1. The van der Waals surface area contributed by atoms with Gasteiger partial charge in [0, 0.05) is 11.0 Å². The van der Waals surface area contributed by atoms with Crippen molar-refractivity contribution in [3.05, 3.63) is 62.0 Å². The highest BCUT2D eigenvalue weighted by Gasteiger charge is 2.16. The van der Waals surface area contributed by atoms with E-state index >= 15 is 0 Å². The Balaban J connectivity index is 2.27. The van der Waals surface area contributed by atoms with Gasteiger partial charge in [-0.3, -0.25) is 4.79 Å². The third kappa shape index (κ3) is 4.62. The molecule has 0 aliphatic carbocycles. The van der Waals surface area contributed by atoms with Gasteiger partial charge in [-0.15, -0.1) is 0 Å². The van der Waals surface area contributed by atoms with Crippen molar-refractivity contribution in [2.75, 3.05) is 7.11 Å². The molecular weight excluding hydrogens is 452 g/mol. The average Bonchev–Trinajstić information content (AvgIpc) is 2.64. The molecule has 0 fully saturated rings. The molecule has 2 rings (SSSR count). The molecule has 2 aromatic rings. The normalized spacial score (nSPS) is 10.9. The average molecular weight is 466 g/mol. The molecule has 0 bridgehead atoms. The maximum absolute atomic E-state index is 12.3. The molecule has 0 atom stereocenters. The number of nitrogens with one attached hydrogen (secondary N) is 1. The number of hydrogen-bond donors (Lipinski definition) is 2. The lowest BCUT2D eigenvalue weighted by molar-refractivity contribution is -0.117. The Morgan fingerprint density at radius 2 is 2.00 bits per heavy atom. The van der Waals surface area contributed by atoms with Gasteiger partial charge in [-0.2, -0.15) is 5.26 Å². The zero-order valence-corrected chi connectivity index (χ0v) is 16.4. The first-order chi connectivity index (χ1) is 12.0. The van der Waals surface area contributed by atoms with E-state index in [9.17, 15) is 15.2 Å². The van der Waals surface area contributed by atoms with Gasteiger partial charge in [0.05, 0.1) is 11.6 Å². The first-order valence-electron chi connectivity index (χ1n) is 7.16. The summed E-state index contributed by atoms with van der Waals surface area (Å²) in [6, 6.07) is 12.8. The largest absolute Gasteiger partial charge is 0.503 e. The molecule has 0 saturated carbocycles. The van der Waals surface area contributed by atoms with Gasteiger partial charge in [0.2, 0.25) is 0 Å². The summed E-state index contributed by atoms with van der Waals surface area (Å²) in [6.07, 6.45) is 1.43. The van der Waals surface area contributed by atoms with E-state index in [0.717, 1.165) is 5.56 Å². The molecule has 0 unspecified atom stereocenters. The highest BCUT2D eigenvalue weighted by molar-refractivity contribution is 9.13. The number of ether oxygens (including phenoxy) is 1. The van der Waals surface area contributed by atoms with Crippen molar-refractivity contribution in [3.8, 4) is 17.6 Å². The van der Waals surface area contributed by atoms with Crippen molar-refractivity contribution < 1.29 is 14.6 Å². The van der Waals surface area contributed by atoms with Crippen LogP contribution in [-0.2, 0) is 11.3 Å². The van der Waals surface area contributed by atoms with Crippen LogP contribution in [0.2, 0.25) is 0 Å². The van der Waals surface area contributed by atoms with Crippen molar-refractivity contribution >= 4 is 43.8 Å². The number of carbonyl (C=O) groups is 1. The fraction of sp³-hybridized carbons (Fsp3) is 0.111. The van der Waals surface area contributed by atoms with Crippen LogP contribution in [0.15, 0.2) is 50.9 Å². The van der Waals surface area contributed by atoms with Gasteiger partial charge in [-0.05, 0) is 55.1 Å². The number of halogens is 2. The van der Waals surface area contributed by atoms with E-state index in [2.05, 4.69) is 37.2 Å². The van der Waals surface area contributed by atoms with Crippen LogP contribution in [0.4, 0.5) is 0 Å². The van der Waals surface area contributed by atoms with Gasteiger partial charge in [-0.1, -0.05) is 30.3 Å². The van der Waals surface area contributed by atoms with Crippen LogP contribution in [-0.4, -0.2) is 18.1 Å². The van der Waals surface area contributed by atoms with Gasteiger partial charge < -0.3 is 15.2 Å². The van der Waals surface area contributed by atoms with Crippen LogP contribution in [0.3, 0.4) is 0 Å². The van der Waals surface area contributed by atoms with E-state index in [0.29, 0.717) is 21.1 Å². The molecule has 0 spiro atoms. The van der Waals surface area contributed by atoms with Crippen LogP contribution >= 0.6 is 31.9 Å². The second-order valence-electron chi connectivity index (χ2n) is 4.98. The molecule has 0 aromatic heterocycles. The highest BCUT2D eigenvalue weighted by Crippen LogP contribution is 2.42. The SMILES string of the molecule is COc1cc(/C=C(/C#N)C(=O)NCc2ccccc2)c(Br)c(Br)c1O. The third-order valence-corrected chi connectivity index (χ3v) is 5.51. The lowest BCUT2D eigenvalue weighted by Gasteiger charge is -2.10. The summed E-state index contributed by atoms with van der Waals surface area (Å²) in [7, 11) is 1.42. The number of phenolic OH excluding ortho intramolecular Hbond substituents is 1. The Labute approximate surface area is 162 Å². The highest BCUT2D eigenvalue weighted by atomic mass is 79.9. The van der Waals surface area contributed by atoms with E-state index in [-0.39, 0.29) is 17.1 Å². The van der Waals surface area contributed by atoms with Crippen LogP contribution < -0.4 is 10.1 Å². The molecule has 2 N–H and O–H groups in total. The molecule has 2 aromatic carbocycles. The Morgan fingerprint density at radius 1 is 1.32 bits per heavy atom. The minimum Gasteiger partial charge on any atom is -0.503 e. The zero-order valence-electron chi connectivity index (χ0n) is 13.2. The summed E-state index contributed by atoms with van der Waals surface area (Å²) in [6.45, 7) is 0.322. The zero-order chi connectivity index (χ0) is 18.4. The second kappa shape index (κ2) is 8.70. The predicted octanol–water partition coefficient (Wildman–Crippen LogP) is 4.15. The quantitative estimate of drug-likeness (QED) is 0.513. The van der Waals surface area contributed by atoms with Gasteiger partial charge in [-0.25, -0.2) is 0 Å². The first-order valence-corrected chi connectivity index (χ1v) is 8.75. The van der Waals surface area contributed by atoms with E-state index in [1.165, 1.54) is 19.3 Å². The van der Waals surface area contributed by atoms with E-state index in [1.807, 2.05) is 36.4 Å². The number of hydrogen-bond acceptors (Lipinski definition) is 4. The van der Waals surface area contributed by atoms with Crippen LogP contribution in [0.25, 0.3) is 6.08 Å². The van der Waals surface area contributed by atoms with Crippen molar-refractivity contribution in [1.29, 1.82) is 5.26 Å². The van der Waals surface area contributed by atoms with Gasteiger partial charge >= 0.3 is 0 Å². The van der Waals surface area contributed by atoms with Crippen LogP contribution in [0, 0.1) is 11.3 Å². The van der Waals surface area contributed by atoms with Crippen LogP contribution in [0.5, 0.6) is 11.5 Å². The van der Waals surface area contributed by atoms with Crippen molar-refractivity contribution in [2.45, 2.75) is 6.54 Å². The molecule has 25 heavy (non-hydrogen) atoms.